The average molecular weight is 585 g/mol. The Morgan fingerprint density at radius 3 is 2.41 bits per heavy atom. The highest BCUT2D eigenvalue weighted by atomic mass is 35.5. The van der Waals surface area contributed by atoms with Crippen molar-refractivity contribution in [3.63, 3.8) is 0 Å². The molecule has 2 fully saturated rings. The molecule has 3 aliphatic rings. The van der Waals surface area contributed by atoms with E-state index in [0.717, 1.165) is 47.8 Å². The summed E-state index contributed by atoms with van der Waals surface area (Å²) >= 11 is 12.3. The van der Waals surface area contributed by atoms with Crippen molar-refractivity contribution in [1.82, 2.24) is 14.7 Å². The van der Waals surface area contributed by atoms with E-state index in [9.17, 15) is 27.9 Å². The number of piperidine rings is 1. The second kappa shape index (κ2) is 10.5. The van der Waals surface area contributed by atoms with Crippen LogP contribution in [-0.2, 0) is 16.8 Å². The number of carbonyl (C=O) groups excluding carboxylic acids is 2. The summed E-state index contributed by atoms with van der Waals surface area (Å²) in [7, 11) is 1.76. The SMILES string of the molecule is CN1CCc2cc(NC3CN(C4CCN(C(=O)[C@@](O)(c5cccc(Cl)c5)C(F)(F)F)CC4)C3)cc(Cl)c2C1=O. The van der Waals surface area contributed by atoms with Gasteiger partial charge in [0.1, 0.15) is 0 Å². The molecule has 7 nitrogen and oxygen atoms in total. The van der Waals surface area contributed by atoms with Crippen LogP contribution >= 0.6 is 23.2 Å². The highest BCUT2D eigenvalue weighted by Crippen LogP contribution is 2.42. The lowest BCUT2D eigenvalue weighted by Gasteiger charge is -2.48. The predicted octanol–water partition coefficient (Wildman–Crippen LogP) is 4.16. The normalized spacial score (nSPS) is 20.8. The number of aliphatic hydroxyl groups is 1. The summed E-state index contributed by atoms with van der Waals surface area (Å²) in [4.78, 5) is 30.4. The van der Waals surface area contributed by atoms with E-state index in [4.69, 9.17) is 23.2 Å². The third-order valence-electron chi connectivity index (χ3n) is 7.96. The number of rotatable bonds is 5. The van der Waals surface area contributed by atoms with Crippen LogP contribution in [0, 0.1) is 0 Å². The lowest BCUT2D eigenvalue weighted by Crippen LogP contribution is -2.62. The molecule has 3 aliphatic heterocycles. The van der Waals surface area contributed by atoms with Crippen molar-refractivity contribution in [3.05, 3.63) is 63.1 Å². The van der Waals surface area contributed by atoms with Crippen molar-refractivity contribution in [3.8, 4) is 0 Å². The number of hydrogen-bond donors (Lipinski definition) is 2. The number of nitrogens with zero attached hydrogens (tertiary/aromatic N) is 3. The first kappa shape index (κ1) is 28.0. The number of fused-ring (bicyclic) bond motifs is 1. The van der Waals surface area contributed by atoms with Gasteiger partial charge < -0.3 is 20.2 Å². The van der Waals surface area contributed by atoms with Crippen molar-refractivity contribution in [2.24, 2.45) is 0 Å². The maximum atomic E-state index is 14.0. The van der Waals surface area contributed by atoms with Crippen LogP contribution in [0.3, 0.4) is 0 Å². The molecular formula is C27H29Cl2F3N4O3. The highest BCUT2D eigenvalue weighted by molar-refractivity contribution is 6.34. The Morgan fingerprint density at radius 2 is 1.77 bits per heavy atom. The zero-order valence-electron chi connectivity index (χ0n) is 21.3. The molecule has 0 aromatic heterocycles. The van der Waals surface area contributed by atoms with Crippen LogP contribution in [0.1, 0.15) is 34.3 Å². The average Bonchev–Trinajstić information content (AvgIpc) is 2.86. The van der Waals surface area contributed by atoms with E-state index in [1.54, 1.807) is 18.0 Å². The minimum absolute atomic E-state index is 0.00128. The third-order valence-corrected chi connectivity index (χ3v) is 8.49. The number of anilines is 1. The van der Waals surface area contributed by atoms with E-state index in [-0.39, 0.29) is 36.1 Å². The number of alkyl halides is 3. The third kappa shape index (κ3) is 5.19. The van der Waals surface area contributed by atoms with Gasteiger partial charge in [-0.2, -0.15) is 13.2 Å². The zero-order chi connectivity index (χ0) is 28.1. The second-order valence-electron chi connectivity index (χ2n) is 10.5. The van der Waals surface area contributed by atoms with Crippen molar-refractivity contribution in [1.29, 1.82) is 0 Å². The molecule has 2 aromatic rings. The van der Waals surface area contributed by atoms with Gasteiger partial charge in [0.2, 0.25) is 0 Å². The maximum absolute atomic E-state index is 14.0. The molecule has 1 atom stereocenters. The molecule has 0 saturated carbocycles. The first-order chi connectivity index (χ1) is 18.4. The number of hydrogen-bond acceptors (Lipinski definition) is 5. The lowest BCUT2D eigenvalue weighted by molar-refractivity contribution is -0.262. The number of amides is 2. The van der Waals surface area contributed by atoms with Gasteiger partial charge in [-0.15, -0.1) is 0 Å². The molecule has 39 heavy (non-hydrogen) atoms. The summed E-state index contributed by atoms with van der Waals surface area (Å²) in [6, 6.07) is 8.72. The number of likely N-dealkylation sites (tertiary alicyclic amines) is 2. The topological polar surface area (TPSA) is 76.1 Å². The van der Waals surface area contributed by atoms with Gasteiger partial charge in [-0.1, -0.05) is 35.3 Å². The summed E-state index contributed by atoms with van der Waals surface area (Å²) in [5, 5.41) is 14.6. The van der Waals surface area contributed by atoms with Crippen molar-refractivity contribution in [2.75, 3.05) is 45.1 Å². The summed E-state index contributed by atoms with van der Waals surface area (Å²) in [6.07, 6.45) is -3.46. The van der Waals surface area contributed by atoms with E-state index >= 15 is 0 Å². The van der Waals surface area contributed by atoms with E-state index in [1.807, 2.05) is 6.07 Å². The van der Waals surface area contributed by atoms with E-state index < -0.39 is 23.2 Å². The van der Waals surface area contributed by atoms with Gasteiger partial charge in [-0.05, 0) is 49.1 Å². The fourth-order valence-electron chi connectivity index (χ4n) is 5.69. The Kier molecular flexibility index (Phi) is 7.52. The van der Waals surface area contributed by atoms with Crippen LogP contribution in [0.2, 0.25) is 10.0 Å². The van der Waals surface area contributed by atoms with Crippen LogP contribution in [0.25, 0.3) is 0 Å². The summed E-state index contributed by atoms with van der Waals surface area (Å²) in [5.74, 6) is -1.46. The standard InChI is InChI=1S/C27H29Cl2F3N4O3/c1-34-8-5-16-11-19(13-22(29)23(16)24(34)37)33-20-14-36(15-20)21-6-9-35(10-7-21)25(38)26(39,27(30,31)32)17-3-2-4-18(28)12-17/h2-4,11-13,20-21,33,39H,5-10,14-15H2,1H3/t26-/m0/s1. The first-order valence-corrected chi connectivity index (χ1v) is 13.6. The van der Waals surface area contributed by atoms with Gasteiger partial charge in [0.25, 0.3) is 17.4 Å². The molecule has 0 aliphatic carbocycles. The monoisotopic (exact) mass is 584 g/mol. The molecular weight excluding hydrogens is 556 g/mol. The molecule has 0 spiro atoms. The largest absolute Gasteiger partial charge is 0.430 e. The van der Waals surface area contributed by atoms with Crippen LogP contribution in [0.15, 0.2) is 36.4 Å². The lowest BCUT2D eigenvalue weighted by atomic mass is 9.89. The van der Waals surface area contributed by atoms with Gasteiger partial charge >= 0.3 is 6.18 Å². The highest BCUT2D eigenvalue weighted by Gasteiger charge is 2.62. The Labute approximate surface area is 234 Å². The minimum Gasteiger partial charge on any atom is -0.380 e. The van der Waals surface area contributed by atoms with Crippen LogP contribution < -0.4 is 5.32 Å². The number of benzene rings is 2. The quantitative estimate of drug-likeness (QED) is 0.552. The van der Waals surface area contributed by atoms with Gasteiger partial charge in [-0.3, -0.25) is 14.5 Å². The molecule has 2 aromatic carbocycles. The predicted molar refractivity (Wildman–Crippen MR) is 142 cm³/mol. The minimum atomic E-state index is -5.20. The molecule has 12 heteroatoms. The zero-order valence-corrected chi connectivity index (χ0v) is 22.8. The first-order valence-electron chi connectivity index (χ1n) is 12.8. The van der Waals surface area contributed by atoms with Gasteiger partial charge in [0, 0.05) is 62.1 Å². The summed E-state index contributed by atoms with van der Waals surface area (Å²) < 4.78 is 42.0. The molecule has 5 rings (SSSR count). The molecule has 2 amide bonds. The Morgan fingerprint density at radius 1 is 1.08 bits per heavy atom. The number of carbonyl (C=O) groups is 2. The Hall–Kier alpha value is -2.53. The molecule has 0 unspecified atom stereocenters. The Bertz CT molecular complexity index is 1280. The van der Waals surface area contributed by atoms with Crippen LogP contribution in [0.4, 0.5) is 18.9 Å². The van der Waals surface area contributed by atoms with Gasteiger partial charge in [-0.25, -0.2) is 0 Å². The number of nitrogens with one attached hydrogen (secondary N) is 1. The smallest absolute Gasteiger partial charge is 0.380 e. The molecule has 0 radical (unpaired) electrons. The fourth-order valence-corrected chi connectivity index (χ4v) is 6.20. The van der Waals surface area contributed by atoms with E-state index in [2.05, 4.69) is 10.2 Å². The molecule has 2 N–H and O–H groups in total. The van der Waals surface area contributed by atoms with Crippen molar-refractivity contribution < 1.29 is 27.9 Å². The number of halogens is 5. The second-order valence-corrected chi connectivity index (χ2v) is 11.3. The maximum Gasteiger partial charge on any atom is 0.430 e. The van der Waals surface area contributed by atoms with Crippen LogP contribution in [0.5, 0.6) is 0 Å². The van der Waals surface area contributed by atoms with E-state index in [1.165, 1.54) is 12.1 Å². The van der Waals surface area contributed by atoms with E-state index in [0.29, 0.717) is 30.0 Å². The summed E-state index contributed by atoms with van der Waals surface area (Å²) in [6.45, 7) is 2.34. The van der Waals surface area contributed by atoms with Gasteiger partial charge in [0.05, 0.1) is 16.6 Å². The Balaban J connectivity index is 1.17. The fraction of sp³-hybridized carbons (Fsp3) is 0.481. The van der Waals surface area contributed by atoms with Crippen molar-refractivity contribution >= 4 is 40.7 Å². The molecule has 2 saturated heterocycles. The summed E-state index contributed by atoms with van der Waals surface area (Å²) in [5.41, 5.74) is -1.91. The molecule has 0 bridgehead atoms. The molecule has 210 valence electrons. The van der Waals surface area contributed by atoms with Crippen molar-refractivity contribution in [2.45, 2.75) is 43.1 Å². The molecule has 3 heterocycles. The van der Waals surface area contributed by atoms with Gasteiger partial charge in [0.15, 0.2) is 0 Å². The van der Waals surface area contributed by atoms with Crippen LogP contribution in [-0.4, -0.2) is 89.7 Å². The number of likely N-dealkylation sites (N-methyl/N-ethyl adjacent to an activating group) is 1.